The zero-order valence-corrected chi connectivity index (χ0v) is 11.6. The molecule has 0 aliphatic rings. The van der Waals surface area contributed by atoms with Crippen molar-refractivity contribution in [3.8, 4) is 0 Å². The summed E-state index contributed by atoms with van der Waals surface area (Å²) in [5, 5.41) is 11.2. The minimum absolute atomic E-state index is 0.0172. The highest BCUT2D eigenvalue weighted by molar-refractivity contribution is 6.31. The van der Waals surface area contributed by atoms with E-state index in [1.807, 2.05) is 6.92 Å². The maximum atomic E-state index is 12.1. The molecule has 5 heteroatoms. The number of Topliss-reactive ketones (excluding diaryl/α,β-unsaturated/α-hetero) is 1. The minimum atomic E-state index is -0.464. The standard InChI is InChI=1S/C15H12ClNO3/c1-10-8-12(4-7-14(10)16)15(18)9-11-2-5-13(6-3-11)17(19)20/h2-8H,9H2,1H3. The van der Waals surface area contributed by atoms with Gasteiger partial charge >= 0.3 is 0 Å². The maximum Gasteiger partial charge on any atom is 0.269 e. The maximum absolute atomic E-state index is 12.1. The average Bonchev–Trinajstić information content (AvgIpc) is 2.42. The van der Waals surface area contributed by atoms with E-state index in [0.717, 1.165) is 11.1 Å². The van der Waals surface area contributed by atoms with E-state index in [4.69, 9.17) is 11.6 Å². The highest BCUT2D eigenvalue weighted by Gasteiger charge is 2.10. The molecule has 2 aromatic carbocycles. The van der Waals surface area contributed by atoms with E-state index < -0.39 is 4.92 Å². The van der Waals surface area contributed by atoms with Crippen LogP contribution in [0.2, 0.25) is 5.02 Å². The zero-order valence-electron chi connectivity index (χ0n) is 10.8. The molecule has 102 valence electrons. The molecule has 0 aliphatic carbocycles. The van der Waals surface area contributed by atoms with Crippen LogP contribution in [-0.4, -0.2) is 10.7 Å². The van der Waals surface area contributed by atoms with E-state index in [1.54, 1.807) is 30.3 Å². The molecule has 0 unspecified atom stereocenters. The fraction of sp³-hybridized carbons (Fsp3) is 0.133. The zero-order chi connectivity index (χ0) is 14.7. The van der Waals surface area contributed by atoms with Crippen LogP contribution in [0.1, 0.15) is 21.5 Å². The summed E-state index contributed by atoms with van der Waals surface area (Å²) in [7, 11) is 0. The van der Waals surface area contributed by atoms with Crippen molar-refractivity contribution in [3.63, 3.8) is 0 Å². The lowest BCUT2D eigenvalue weighted by Gasteiger charge is -2.04. The SMILES string of the molecule is Cc1cc(C(=O)Cc2ccc([N+](=O)[O-])cc2)ccc1Cl. The van der Waals surface area contributed by atoms with Crippen LogP contribution in [0.3, 0.4) is 0 Å². The third-order valence-corrected chi connectivity index (χ3v) is 3.42. The number of hydrogen-bond acceptors (Lipinski definition) is 3. The summed E-state index contributed by atoms with van der Waals surface area (Å²) in [5.41, 5.74) is 2.20. The number of ketones is 1. The van der Waals surface area contributed by atoms with Gasteiger partial charge in [-0.05, 0) is 36.2 Å². The van der Waals surface area contributed by atoms with Gasteiger partial charge in [0, 0.05) is 29.1 Å². The van der Waals surface area contributed by atoms with Crippen molar-refractivity contribution in [2.45, 2.75) is 13.3 Å². The van der Waals surface area contributed by atoms with Gasteiger partial charge in [0.2, 0.25) is 0 Å². The number of hydrogen-bond donors (Lipinski definition) is 0. The number of carbonyl (C=O) groups excluding carboxylic acids is 1. The van der Waals surface area contributed by atoms with Crippen LogP contribution in [0.15, 0.2) is 42.5 Å². The van der Waals surface area contributed by atoms with E-state index >= 15 is 0 Å². The van der Waals surface area contributed by atoms with Gasteiger partial charge in [-0.2, -0.15) is 0 Å². The first-order valence-electron chi connectivity index (χ1n) is 6.00. The monoisotopic (exact) mass is 289 g/mol. The Labute approximate surface area is 121 Å². The lowest BCUT2D eigenvalue weighted by molar-refractivity contribution is -0.384. The summed E-state index contributed by atoms with van der Waals surface area (Å²) in [4.78, 5) is 22.2. The highest BCUT2D eigenvalue weighted by Crippen LogP contribution is 2.18. The number of rotatable bonds is 4. The third-order valence-electron chi connectivity index (χ3n) is 2.99. The molecule has 0 saturated carbocycles. The molecule has 0 atom stereocenters. The Morgan fingerprint density at radius 1 is 1.20 bits per heavy atom. The normalized spacial score (nSPS) is 10.3. The second kappa shape index (κ2) is 5.84. The first kappa shape index (κ1) is 14.2. The van der Waals surface area contributed by atoms with Gasteiger partial charge in [0.1, 0.15) is 0 Å². The van der Waals surface area contributed by atoms with Gasteiger partial charge in [0.15, 0.2) is 5.78 Å². The molecule has 0 spiro atoms. The molecule has 0 saturated heterocycles. The number of non-ortho nitro benzene ring substituents is 1. The number of nitro groups is 1. The van der Waals surface area contributed by atoms with Gasteiger partial charge in [0.05, 0.1) is 4.92 Å². The van der Waals surface area contributed by atoms with Crippen LogP contribution in [0.25, 0.3) is 0 Å². The highest BCUT2D eigenvalue weighted by atomic mass is 35.5. The molecule has 0 radical (unpaired) electrons. The molecule has 4 nitrogen and oxygen atoms in total. The predicted octanol–water partition coefficient (Wildman–Crippen LogP) is 3.98. The number of nitro benzene ring substituents is 1. The molecule has 2 rings (SSSR count). The summed E-state index contributed by atoms with van der Waals surface area (Å²) in [5.74, 6) is -0.0429. The molecule has 0 N–H and O–H groups in total. The summed E-state index contributed by atoms with van der Waals surface area (Å²) in [6.45, 7) is 1.84. The molecular formula is C15H12ClNO3. The first-order valence-corrected chi connectivity index (χ1v) is 6.38. The van der Waals surface area contributed by atoms with Gasteiger partial charge in [0.25, 0.3) is 5.69 Å². The van der Waals surface area contributed by atoms with Gasteiger partial charge < -0.3 is 0 Å². The summed E-state index contributed by atoms with van der Waals surface area (Å²) >= 11 is 5.92. The van der Waals surface area contributed by atoms with Crippen LogP contribution in [0.4, 0.5) is 5.69 Å². The first-order chi connectivity index (χ1) is 9.47. The smallest absolute Gasteiger partial charge is 0.269 e. The van der Waals surface area contributed by atoms with Crippen molar-refractivity contribution in [1.29, 1.82) is 0 Å². The van der Waals surface area contributed by atoms with E-state index in [9.17, 15) is 14.9 Å². The van der Waals surface area contributed by atoms with Crippen molar-refractivity contribution in [3.05, 3.63) is 74.3 Å². The van der Waals surface area contributed by atoms with Gasteiger partial charge in [-0.3, -0.25) is 14.9 Å². The Balaban J connectivity index is 2.14. The lowest BCUT2D eigenvalue weighted by Crippen LogP contribution is -2.04. The Morgan fingerprint density at radius 3 is 2.40 bits per heavy atom. The summed E-state index contributed by atoms with van der Waals surface area (Å²) in [6, 6.07) is 11.1. The van der Waals surface area contributed by atoms with Crippen LogP contribution in [-0.2, 0) is 6.42 Å². The number of nitrogens with zero attached hydrogens (tertiary/aromatic N) is 1. The quantitative estimate of drug-likeness (QED) is 0.486. The van der Waals surface area contributed by atoms with Crippen molar-refractivity contribution in [1.82, 2.24) is 0 Å². The minimum Gasteiger partial charge on any atom is -0.294 e. The number of benzene rings is 2. The molecular weight excluding hydrogens is 278 g/mol. The molecule has 0 aromatic heterocycles. The fourth-order valence-corrected chi connectivity index (χ4v) is 1.96. The van der Waals surface area contributed by atoms with Crippen LogP contribution < -0.4 is 0 Å². The molecule has 0 amide bonds. The lowest BCUT2D eigenvalue weighted by atomic mass is 10.0. The molecule has 2 aromatic rings. The molecule has 0 aliphatic heterocycles. The Hall–Kier alpha value is -2.20. The Morgan fingerprint density at radius 2 is 1.85 bits per heavy atom. The number of aryl methyl sites for hydroxylation is 1. The van der Waals surface area contributed by atoms with Gasteiger partial charge in [-0.15, -0.1) is 0 Å². The molecule has 0 bridgehead atoms. The second-order valence-corrected chi connectivity index (χ2v) is 4.89. The predicted molar refractivity (Wildman–Crippen MR) is 77.3 cm³/mol. The molecule has 0 heterocycles. The average molecular weight is 290 g/mol. The van der Waals surface area contributed by atoms with Crippen molar-refractivity contribution < 1.29 is 9.72 Å². The third kappa shape index (κ3) is 3.22. The second-order valence-electron chi connectivity index (χ2n) is 4.49. The number of halogens is 1. The topological polar surface area (TPSA) is 60.2 Å². The summed E-state index contributed by atoms with van der Waals surface area (Å²) in [6.07, 6.45) is 0.207. The Bertz CT molecular complexity index is 665. The van der Waals surface area contributed by atoms with E-state index in [0.29, 0.717) is 10.6 Å². The van der Waals surface area contributed by atoms with E-state index in [1.165, 1.54) is 12.1 Å². The van der Waals surface area contributed by atoms with E-state index in [-0.39, 0.29) is 17.9 Å². The van der Waals surface area contributed by atoms with Crippen LogP contribution >= 0.6 is 11.6 Å². The van der Waals surface area contributed by atoms with Gasteiger partial charge in [-0.1, -0.05) is 23.7 Å². The van der Waals surface area contributed by atoms with Gasteiger partial charge in [-0.25, -0.2) is 0 Å². The van der Waals surface area contributed by atoms with Crippen molar-refractivity contribution in [2.24, 2.45) is 0 Å². The summed E-state index contributed by atoms with van der Waals surface area (Å²) < 4.78 is 0. The molecule has 20 heavy (non-hydrogen) atoms. The van der Waals surface area contributed by atoms with Crippen LogP contribution in [0, 0.1) is 17.0 Å². The fourth-order valence-electron chi connectivity index (χ4n) is 1.84. The Kier molecular flexibility index (Phi) is 4.15. The van der Waals surface area contributed by atoms with Crippen molar-refractivity contribution in [2.75, 3.05) is 0 Å². The number of carbonyl (C=O) groups is 1. The molecule has 0 fully saturated rings. The largest absolute Gasteiger partial charge is 0.294 e. The van der Waals surface area contributed by atoms with Crippen molar-refractivity contribution >= 4 is 23.1 Å². The van der Waals surface area contributed by atoms with E-state index in [2.05, 4.69) is 0 Å². The van der Waals surface area contributed by atoms with Crippen LogP contribution in [0.5, 0.6) is 0 Å².